The summed E-state index contributed by atoms with van der Waals surface area (Å²) in [5.41, 5.74) is 6.45. The van der Waals surface area contributed by atoms with Crippen molar-refractivity contribution in [3.8, 4) is 6.07 Å². The molecular weight excluding hydrogens is 366 g/mol. The molecule has 0 unspecified atom stereocenters. The van der Waals surface area contributed by atoms with E-state index in [-0.39, 0.29) is 0 Å². The fraction of sp³-hybridized carbons (Fsp3) is 0.409. The number of rotatable bonds is 6. The van der Waals surface area contributed by atoms with Crippen LogP contribution in [0.1, 0.15) is 60.4 Å². The van der Waals surface area contributed by atoms with Gasteiger partial charge in [-0.1, -0.05) is 44.2 Å². The molecule has 1 fully saturated rings. The van der Waals surface area contributed by atoms with Gasteiger partial charge in [0.1, 0.15) is 23.3 Å². The minimum atomic E-state index is -0.483. The van der Waals surface area contributed by atoms with Crippen LogP contribution in [0.15, 0.2) is 36.4 Å². The number of aromatic nitrogens is 2. The molecule has 2 N–H and O–H groups in total. The molecule has 0 saturated heterocycles. The Balaban J connectivity index is 0.000000253. The third-order valence-electron chi connectivity index (χ3n) is 4.91. The number of amides is 2. The van der Waals surface area contributed by atoms with E-state index in [0.717, 1.165) is 24.4 Å². The zero-order valence-electron chi connectivity index (χ0n) is 16.8. The van der Waals surface area contributed by atoms with Crippen molar-refractivity contribution in [1.29, 1.82) is 5.26 Å². The second-order valence-electron chi connectivity index (χ2n) is 7.11. The first kappa shape index (κ1) is 22.0. The number of primary amides is 1. The quantitative estimate of drug-likeness (QED) is 0.756. The lowest BCUT2D eigenvalue weighted by atomic mass is 9.87. The summed E-state index contributed by atoms with van der Waals surface area (Å²) in [4.78, 5) is 31.4. The van der Waals surface area contributed by atoms with Gasteiger partial charge in [-0.2, -0.15) is 5.26 Å². The second kappa shape index (κ2) is 11.5. The summed E-state index contributed by atoms with van der Waals surface area (Å²) in [6.45, 7) is 2.50. The molecule has 0 spiro atoms. The molecular formula is C22H27N5O2. The molecule has 7 nitrogen and oxygen atoms in total. The average molecular weight is 393 g/mol. The third kappa shape index (κ3) is 7.34. The third-order valence-corrected chi connectivity index (χ3v) is 4.91. The molecule has 1 aliphatic carbocycles. The average Bonchev–Trinajstić information content (AvgIpc) is 2.75. The maximum atomic E-state index is 11.2. The highest BCUT2D eigenvalue weighted by molar-refractivity contribution is 5.90. The maximum absolute atomic E-state index is 11.2. The summed E-state index contributed by atoms with van der Waals surface area (Å²) in [5.74, 6) is 0.823. The monoisotopic (exact) mass is 393 g/mol. The van der Waals surface area contributed by atoms with E-state index in [2.05, 4.69) is 9.97 Å². The number of hydrogen-bond donors (Lipinski definition) is 1. The fourth-order valence-electron chi connectivity index (χ4n) is 3.34. The van der Waals surface area contributed by atoms with Crippen molar-refractivity contribution in [2.24, 2.45) is 11.7 Å². The Morgan fingerprint density at radius 3 is 2.52 bits per heavy atom. The van der Waals surface area contributed by atoms with Crippen molar-refractivity contribution in [2.75, 3.05) is 11.4 Å². The van der Waals surface area contributed by atoms with Crippen LogP contribution in [-0.2, 0) is 4.79 Å². The van der Waals surface area contributed by atoms with Crippen LogP contribution in [-0.4, -0.2) is 28.8 Å². The lowest BCUT2D eigenvalue weighted by Crippen LogP contribution is -2.26. The first-order valence-electron chi connectivity index (χ1n) is 9.86. The Morgan fingerprint density at radius 2 is 1.93 bits per heavy atom. The summed E-state index contributed by atoms with van der Waals surface area (Å²) in [6, 6.07) is 12.3. The van der Waals surface area contributed by atoms with Crippen LogP contribution in [0.3, 0.4) is 0 Å². The summed E-state index contributed by atoms with van der Waals surface area (Å²) < 4.78 is 0. The van der Waals surface area contributed by atoms with E-state index >= 15 is 0 Å². The Bertz CT molecular complexity index is 856. The van der Waals surface area contributed by atoms with Gasteiger partial charge in [0.15, 0.2) is 0 Å². The Hall–Kier alpha value is -3.27. The Kier molecular flexibility index (Phi) is 8.77. The summed E-state index contributed by atoms with van der Waals surface area (Å²) in [6.07, 6.45) is 8.36. The lowest BCUT2D eigenvalue weighted by molar-refractivity contribution is -0.107. The molecule has 1 saturated carbocycles. The van der Waals surface area contributed by atoms with Gasteiger partial charge in [-0.3, -0.25) is 14.5 Å². The molecule has 0 aliphatic heterocycles. The highest BCUT2D eigenvalue weighted by Crippen LogP contribution is 2.26. The number of nitrogens with zero attached hydrogens (tertiary/aromatic N) is 4. The van der Waals surface area contributed by atoms with Crippen LogP contribution in [0, 0.1) is 24.2 Å². The Morgan fingerprint density at radius 1 is 1.21 bits per heavy atom. The number of nitriles is 1. The predicted octanol–water partition coefficient (Wildman–Crippen LogP) is 3.38. The number of carbonyl (C=O) groups excluding carboxylic acids is 2. The molecule has 2 aromatic heterocycles. The van der Waals surface area contributed by atoms with Crippen molar-refractivity contribution < 1.29 is 9.59 Å². The largest absolute Gasteiger partial charge is 0.364 e. The lowest BCUT2D eigenvalue weighted by Gasteiger charge is -2.24. The molecule has 3 rings (SSSR count). The summed E-state index contributed by atoms with van der Waals surface area (Å²) >= 11 is 0. The number of aryl methyl sites for hydroxylation is 1. The van der Waals surface area contributed by atoms with Gasteiger partial charge in [0.25, 0.3) is 5.91 Å². The van der Waals surface area contributed by atoms with Gasteiger partial charge in [0.2, 0.25) is 6.41 Å². The second-order valence-corrected chi connectivity index (χ2v) is 7.11. The molecule has 1 aliphatic rings. The minimum Gasteiger partial charge on any atom is -0.364 e. The van der Waals surface area contributed by atoms with E-state index in [1.54, 1.807) is 35.2 Å². The van der Waals surface area contributed by atoms with Gasteiger partial charge in [-0.15, -0.1) is 0 Å². The van der Waals surface area contributed by atoms with Crippen LogP contribution in [0.2, 0.25) is 0 Å². The highest BCUT2D eigenvalue weighted by Gasteiger charge is 2.15. The number of carbonyl (C=O) groups is 2. The molecule has 0 atom stereocenters. The topological polar surface area (TPSA) is 113 Å². The van der Waals surface area contributed by atoms with Gasteiger partial charge in [-0.05, 0) is 43.5 Å². The molecule has 2 heterocycles. The fourth-order valence-corrected chi connectivity index (χ4v) is 3.34. The highest BCUT2D eigenvalue weighted by atomic mass is 16.1. The standard InChI is InChI=1S/C15H19N3O.C7H8N2O/c16-11-14-7-4-8-15(17-14)18(12-19)10-9-13-5-2-1-3-6-13;1-5-3-2-4-6(9-5)7(8)10/h4,7-8,12-13H,1-3,5-6,9-10H2;2-4H,1H3,(H2,8,10). The van der Waals surface area contributed by atoms with Crippen molar-refractivity contribution in [3.05, 3.63) is 53.5 Å². The smallest absolute Gasteiger partial charge is 0.267 e. The first-order chi connectivity index (χ1) is 14.0. The van der Waals surface area contributed by atoms with Crippen LogP contribution in [0.25, 0.3) is 0 Å². The zero-order chi connectivity index (χ0) is 21.1. The first-order valence-corrected chi connectivity index (χ1v) is 9.86. The molecule has 152 valence electrons. The van der Waals surface area contributed by atoms with Gasteiger partial charge < -0.3 is 5.73 Å². The van der Waals surface area contributed by atoms with E-state index in [9.17, 15) is 9.59 Å². The molecule has 2 aromatic rings. The number of hydrogen-bond acceptors (Lipinski definition) is 5. The van der Waals surface area contributed by atoms with Crippen LogP contribution >= 0.6 is 0 Å². The number of nitrogens with two attached hydrogens (primary N) is 1. The van der Waals surface area contributed by atoms with E-state index in [1.165, 1.54) is 32.1 Å². The summed E-state index contributed by atoms with van der Waals surface area (Å²) in [7, 11) is 0. The normalized spacial score (nSPS) is 13.5. The number of anilines is 1. The van der Waals surface area contributed by atoms with Gasteiger partial charge >= 0.3 is 0 Å². The van der Waals surface area contributed by atoms with E-state index < -0.39 is 5.91 Å². The molecule has 0 radical (unpaired) electrons. The molecule has 0 aromatic carbocycles. The van der Waals surface area contributed by atoms with Gasteiger partial charge in [0, 0.05) is 12.2 Å². The molecule has 2 amide bonds. The molecule has 7 heteroatoms. The van der Waals surface area contributed by atoms with E-state index in [1.807, 2.05) is 19.1 Å². The minimum absolute atomic E-state index is 0.319. The molecule has 0 bridgehead atoms. The summed E-state index contributed by atoms with van der Waals surface area (Å²) in [5, 5.41) is 8.83. The maximum Gasteiger partial charge on any atom is 0.267 e. The number of pyridine rings is 2. The van der Waals surface area contributed by atoms with Crippen molar-refractivity contribution in [1.82, 2.24) is 9.97 Å². The van der Waals surface area contributed by atoms with E-state index in [0.29, 0.717) is 23.8 Å². The molecule has 29 heavy (non-hydrogen) atoms. The van der Waals surface area contributed by atoms with Crippen molar-refractivity contribution in [2.45, 2.75) is 45.4 Å². The SMILES string of the molecule is Cc1cccc(C(N)=O)n1.N#Cc1cccc(N(C=O)CCC2CCCCC2)n1. The van der Waals surface area contributed by atoms with Crippen molar-refractivity contribution in [3.63, 3.8) is 0 Å². The van der Waals surface area contributed by atoms with Gasteiger partial charge in [-0.25, -0.2) is 9.97 Å². The van der Waals surface area contributed by atoms with E-state index in [4.69, 9.17) is 11.0 Å². The predicted molar refractivity (Wildman–Crippen MR) is 111 cm³/mol. The Labute approximate surface area is 171 Å². The van der Waals surface area contributed by atoms with Crippen molar-refractivity contribution >= 4 is 18.1 Å². The van der Waals surface area contributed by atoms with Crippen LogP contribution in [0.4, 0.5) is 5.82 Å². The van der Waals surface area contributed by atoms with Crippen LogP contribution < -0.4 is 10.6 Å². The van der Waals surface area contributed by atoms with Gasteiger partial charge in [0.05, 0.1) is 0 Å². The van der Waals surface area contributed by atoms with Crippen LogP contribution in [0.5, 0.6) is 0 Å². The zero-order valence-corrected chi connectivity index (χ0v) is 16.8.